The summed E-state index contributed by atoms with van der Waals surface area (Å²) in [5.74, 6) is 0. The number of H-pyrrole nitrogens is 1. The normalized spacial score (nSPS) is 23.4. The highest BCUT2D eigenvalue weighted by Crippen LogP contribution is 2.39. The molecule has 5 heterocycles. The van der Waals surface area contributed by atoms with Crippen LogP contribution in [0.3, 0.4) is 0 Å². The number of likely N-dealkylation sites (tertiary alicyclic amines) is 1. The summed E-state index contributed by atoms with van der Waals surface area (Å²) in [7, 11) is 1.86. The van der Waals surface area contributed by atoms with Gasteiger partial charge in [0.25, 0.3) is 0 Å². The van der Waals surface area contributed by atoms with Gasteiger partial charge in [-0.3, -0.25) is 9.58 Å². The van der Waals surface area contributed by atoms with Crippen LogP contribution in [0.4, 0.5) is 10.1 Å². The molecule has 0 bridgehead atoms. The van der Waals surface area contributed by atoms with Crippen molar-refractivity contribution in [2.45, 2.75) is 31.6 Å². The lowest BCUT2D eigenvalue weighted by Crippen LogP contribution is -2.55. The molecule has 0 aliphatic carbocycles. The Morgan fingerprint density at radius 3 is 2.83 bits per heavy atom. The largest absolute Gasteiger partial charge is 0.387 e. The summed E-state index contributed by atoms with van der Waals surface area (Å²) in [4.78, 5) is 9.78. The van der Waals surface area contributed by atoms with Crippen molar-refractivity contribution in [2.75, 3.05) is 38.7 Å². The van der Waals surface area contributed by atoms with Crippen molar-refractivity contribution in [3.63, 3.8) is 0 Å². The zero-order valence-corrected chi connectivity index (χ0v) is 17.2. The van der Waals surface area contributed by atoms with Gasteiger partial charge in [-0.25, -0.2) is 9.37 Å². The van der Waals surface area contributed by atoms with Crippen LogP contribution in [0, 0.1) is 6.92 Å². The Morgan fingerprint density at radius 1 is 1.31 bits per heavy atom. The molecule has 29 heavy (non-hydrogen) atoms. The van der Waals surface area contributed by atoms with Crippen molar-refractivity contribution in [2.24, 2.45) is 0 Å². The monoisotopic (exact) mass is 418 g/mol. The minimum absolute atomic E-state index is 0.258. The minimum Gasteiger partial charge on any atom is -0.387 e. The number of ether oxygens (including phenoxy) is 1. The molecule has 0 unspecified atom stereocenters. The van der Waals surface area contributed by atoms with Crippen molar-refractivity contribution in [1.82, 2.24) is 24.6 Å². The average molecular weight is 419 g/mol. The predicted octanol–water partition coefficient (Wildman–Crippen LogP) is 3.41. The molecule has 2 saturated heterocycles. The summed E-state index contributed by atoms with van der Waals surface area (Å²) >= 11 is 6.36. The van der Waals surface area contributed by atoms with Crippen LogP contribution in [0.2, 0.25) is 5.02 Å². The van der Waals surface area contributed by atoms with Crippen LogP contribution in [0.25, 0.3) is 22.2 Å². The number of piperidine rings is 1. The van der Waals surface area contributed by atoms with Crippen molar-refractivity contribution in [3.8, 4) is 11.1 Å². The first kappa shape index (κ1) is 18.8. The van der Waals surface area contributed by atoms with Gasteiger partial charge in [0, 0.05) is 49.4 Å². The first-order valence-electron chi connectivity index (χ1n) is 9.92. The quantitative estimate of drug-likeness (QED) is 0.679. The molecule has 2 fully saturated rings. The smallest absolute Gasteiger partial charge is 0.140 e. The number of rotatable bonds is 4. The molecule has 2 aliphatic heterocycles. The van der Waals surface area contributed by atoms with Gasteiger partial charge in [0.2, 0.25) is 0 Å². The number of hydrogen-bond donors (Lipinski definition) is 2. The maximum atomic E-state index is 15.1. The van der Waals surface area contributed by atoms with Crippen LogP contribution in [0.1, 0.15) is 18.2 Å². The van der Waals surface area contributed by atoms with Crippen molar-refractivity contribution in [1.29, 1.82) is 0 Å². The van der Waals surface area contributed by atoms with E-state index in [1.807, 2.05) is 24.9 Å². The molecule has 0 radical (unpaired) electrons. The van der Waals surface area contributed by atoms with Crippen molar-refractivity contribution < 1.29 is 9.13 Å². The SMILES string of the molecule is CNc1c(-c2cnn([C@H]3CCN(C4COC4)C[C@@H]3F)c2C)cnc2[nH]cc(Cl)c12. The molecule has 2 atom stereocenters. The van der Waals surface area contributed by atoms with E-state index in [4.69, 9.17) is 16.3 Å². The summed E-state index contributed by atoms with van der Waals surface area (Å²) in [6.45, 7) is 4.71. The van der Waals surface area contributed by atoms with Crippen LogP contribution < -0.4 is 5.32 Å². The lowest BCUT2D eigenvalue weighted by atomic mass is 9.99. The van der Waals surface area contributed by atoms with E-state index in [1.165, 1.54) is 0 Å². The first-order chi connectivity index (χ1) is 14.1. The molecular weight excluding hydrogens is 395 g/mol. The van der Waals surface area contributed by atoms with Crippen LogP contribution in [0.15, 0.2) is 18.6 Å². The Balaban J connectivity index is 1.47. The molecule has 154 valence electrons. The molecular formula is C20H24ClFN6O. The van der Waals surface area contributed by atoms with Crippen LogP contribution in [0.5, 0.6) is 0 Å². The average Bonchev–Trinajstić information content (AvgIpc) is 3.23. The lowest BCUT2D eigenvalue weighted by Gasteiger charge is -2.42. The van der Waals surface area contributed by atoms with Gasteiger partial charge >= 0.3 is 0 Å². The zero-order chi connectivity index (χ0) is 20.1. The van der Waals surface area contributed by atoms with Gasteiger partial charge in [0.05, 0.1) is 47.6 Å². The Kier molecular flexibility index (Phi) is 4.72. The molecule has 0 amide bonds. The number of hydrogen-bond acceptors (Lipinski definition) is 5. The Bertz CT molecular complexity index is 1050. The maximum absolute atomic E-state index is 15.1. The van der Waals surface area contributed by atoms with Gasteiger partial charge < -0.3 is 15.0 Å². The molecule has 7 nitrogen and oxygen atoms in total. The van der Waals surface area contributed by atoms with E-state index in [9.17, 15) is 0 Å². The molecule has 0 saturated carbocycles. The van der Waals surface area contributed by atoms with E-state index < -0.39 is 6.17 Å². The first-order valence-corrected chi connectivity index (χ1v) is 10.3. The second-order valence-electron chi connectivity index (χ2n) is 7.80. The molecule has 0 spiro atoms. The fourth-order valence-corrected chi connectivity index (χ4v) is 4.74. The summed E-state index contributed by atoms with van der Waals surface area (Å²) in [5, 5.41) is 9.28. The molecule has 0 aromatic carbocycles. The van der Waals surface area contributed by atoms with E-state index in [-0.39, 0.29) is 6.04 Å². The fourth-order valence-electron chi connectivity index (χ4n) is 4.50. The van der Waals surface area contributed by atoms with Crippen molar-refractivity contribution in [3.05, 3.63) is 29.3 Å². The van der Waals surface area contributed by atoms with Crippen molar-refractivity contribution >= 4 is 28.3 Å². The molecule has 3 aromatic heterocycles. The van der Waals surface area contributed by atoms with E-state index >= 15 is 4.39 Å². The van der Waals surface area contributed by atoms with Gasteiger partial charge in [-0.2, -0.15) is 5.10 Å². The number of pyridine rings is 1. The molecule has 2 N–H and O–H groups in total. The van der Waals surface area contributed by atoms with Gasteiger partial charge in [-0.05, 0) is 13.3 Å². The molecule has 5 rings (SSSR count). The third kappa shape index (κ3) is 3.01. The Labute approximate surface area is 173 Å². The van der Waals surface area contributed by atoms with Crippen LogP contribution in [-0.4, -0.2) is 70.2 Å². The Hall–Kier alpha value is -2.16. The summed E-state index contributed by atoms with van der Waals surface area (Å²) < 4.78 is 22.2. The summed E-state index contributed by atoms with van der Waals surface area (Å²) in [6, 6.07) is 0.108. The van der Waals surface area contributed by atoms with Gasteiger partial charge in [0.15, 0.2) is 0 Å². The number of aromatic amines is 1. The summed E-state index contributed by atoms with van der Waals surface area (Å²) in [6.07, 6.45) is 5.12. The highest BCUT2D eigenvalue weighted by atomic mass is 35.5. The standard InChI is InChI=1S/C20H24ClFN6O/c1-11-13(14-5-24-20-18(19(14)23-2)15(21)7-25-20)6-26-28(11)17-3-4-27(8-16(17)22)12-9-29-10-12/h5-7,12,16-17H,3-4,8-10H2,1-2H3,(H2,23,24,25)/t16-,17-/m0/s1. The summed E-state index contributed by atoms with van der Waals surface area (Å²) in [5.41, 5.74) is 4.39. The van der Waals surface area contributed by atoms with E-state index in [1.54, 1.807) is 12.4 Å². The van der Waals surface area contributed by atoms with Crippen LogP contribution >= 0.6 is 11.6 Å². The van der Waals surface area contributed by atoms with E-state index in [2.05, 4.69) is 25.3 Å². The molecule has 9 heteroatoms. The highest BCUT2D eigenvalue weighted by Gasteiger charge is 2.37. The number of anilines is 1. The number of fused-ring (bicyclic) bond motifs is 1. The van der Waals surface area contributed by atoms with Crippen LogP contribution in [-0.2, 0) is 4.74 Å². The second-order valence-corrected chi connectivity index (χ2v) is 8.21. The lowest BCUT2D eigenvalue weighted by molar-refractivity contribution is -0.0848. The van der Waals surface area contributed by atoms with Gasteiger partial charge in [0.1, 0.15) is 11.8 Å². The van der Waals surface area contributed by atoms with Gasteiger partial charge in [-0.1, -0.05) is 11.6 Å². The number of nitrogens with zero attached hydrogens (tertiary/aromatic N) is 4. The predicted molar refractivity (Wildman–Crippen MR) is 111 cm³/mol. The maximum Gasteiger partial charge on any atom is 0.140 e. The zero-order valence-electron chi connectivity index (χ0n) is 16.5. The Morgan fingerprint density at radius 2 is 2.14 bits per heavy atom. The minimum atomic E-state index is -0.959. The van der Waals surface area contributed by atoms with Gasteiger partial charge in [-0.15, -0.1) is 0 Å². The number of halogens is 2. The third-order valence-corrected chi connectivity index (χ3v) is 6.53. The third-order valence-electron chi connectivity index (χ3n) is 6.23. The van der Waals surface area contributed by atoms with E-state index in [0.717, 1.165) is 46.5 Å². The number of aromatic nitrogens is 4. The molecule has 3 aromatic rings. The van der Waals surface area contributed by atoms with E-state index in [0.29, 0.717) is 30.8 Å². The topological polar surface area (TPSA) is 71.0 Å². The number of nitrogens with one attached hydrogen (secondary N) is 2. The fraction of sp³-hybridized carbons (Fsp3) is 0.500. The second kappa shape index (κ2) is 7.27. The highest BCUT2D eigenvalue weighted by molar-refractivity contribution is 6.36. The molecule has 2 aliphatic rings. The number of alkyl halides is 1.